The molecule has 1 saturated carbocycles. The van der Waals surface area contributed by atoms with Crippen molar-refractivity contribution in [2.45, 2.75) is 91.0 Å². The molecule has 0 spiro atoms. The Morgan fingerprint density at radius 2 is 1.97 bits per heavy atom. The lowest BCUT2D eigenvalue weighted by Gasteiger charge is -2.18. The summed E-state index contributed by atoms with van der Waals surface area (Å²) in [4.78, 5) is 13.0. The van der Waals surface area contributed by atoms with Gasteiger partial charge in [0.1, 0.15) is 17.4 Å². The molecule has 1 atom stereocenters. The van der Waals surface area contributed by atoms with Gasteiger partial charge >= 0.3 is 0 Å². The van der Waals surface area contributed by atoms with Crippen molar-refractivity contribution in [3.63, 3.8) is 0 Å². The van der Waals surface area contributed by atoms with Crippen molar-refractivity contribution in [1.29, 1.82) is 0 Å². The minimum Gasteiger partial charge on any atom is -0.330 e. The van der Waals surface area contributed by atoms with Crippen molar-refractivity contribution in [1.82, 2.24) is 14.8 Å². The number of aryl methyl sites for hydroxylation is 3. The smallest absolute Gasteiger partial charge is 0.138 e. The lowest BCUT2D eigenvalue weighted by molar-refractivity contribution is -0.118. The average molecular weight is 411 g/mol. The maximum atomic E-state index is 13.0. The maximum Gasteiger partial charge on any atom is 0.138 e. The molecule has 0 bridgehead atoms. The molecule has 30 heavy (non-hydrogen) atoms. The Labute approximate surface area is 181 Å². The molecule has 1 aliphatic carbocycles. The SMILES string of the molecule is Cc1ccc(CC(=O)CC(CCN)c2nnc(CCCC(C)C)n2C2CC2)c(C)c1. The van der Waals surface area contributed by atoms with Crippen molar-refractivity contribution in [2.24, 2.45) is 11.7 Å². The highest BCUT2D eigenvalue weighted by Gasteiger charge is 2.32. The summed E-state index contributed by atoms with van der Waals surface area (Å²) in [6.45, 7) is 9.24. The van der Waals surface area contributed by atoms with Crippen LogP contribution in [-0.4, -0.2) is 27.1 Å². The summed E-state index contributed by atoms with van der Waals surface area (Å²) in [6.07, 6.45) is 7.42. The fourth-order valence-corrected chi connectivity index (χ4v) is 4.31. The molecule has 1 unspecified atom stereocenters. The van der Waals surface area contributed by atoms with E-state index < -0.39 is 0 Å². The number of benzene rings is 1. The van der Waals surface area contributed by atoms with Crippen molar-refractivity contribution in [2.75, 3.05) is 6.54 Å². The van der Waals surface area contributed by atoms with Crippen LogP contribution in [0.4, 0.5) is 0 Å². The number of ketones is 1. The van der Waals surface area contributed by atoms with Crippen LogP contribution in [0.3, 0.4) is 0 Å². The second kappa shape index (κ2) is 10.3. The van der Waals surface area contributed by atoms with E-state index >= 15 is 0 Å². The van der Waals surface area contributed by atoms with Crippen molar-refractivity contribution in [3.05, 3.63) is 46.5 Å². The first kappa shape index (κ1) is 22.7. The van der Waals surface area contributed by atoms with E-state index in [1.54, 1.807) is 0 Å². The maximum absolute atomic E-state index is 13.0. The van der Waals surface area contributed by atoms with E-state index in [0.29, 0.717) is 31.3 Å². The third-order valence-corrected chi connectivity index (χ3v) is 6.13. The van der Waals surface area contributed by atoms with Crippen LogP contribution in [-0.2, 0) is 17.6 Å². The zero-order valence-electron chi connectivity index (χ0n) is 19.2. The van der Waals surface area contributed by atoms with Crippen LogP contribution in [0.25, 0.3) is 0 Å². The number of aromatic nitrogens is 3. The quantitative estimate of drug-likeness (QED) is 0.543. The molecule has 0 aliphatic heterocycles. The van der Waals surface area contributed by atoms with Crippen LogP contribution in [0.1, 0.15) is 92.7 Å². The van der Waals surface area contributed by atoms with E-state index in [4.69, 9.17) is 5.73 Å². The van der Waals surface area contributed by atoms with Crippen LogP contribution in [0.2, 0.25) is 0 Å². The number of carbonyl (C=O) groups excluding carboxylic acids is 1. The summed E-state index contributed by atoms with van der Waals surface area (Å²) in [5, 5.41) is 9.14. The fourth-order valence-electron chi connectivity index (χ4n) is 4.31. The third-order valence-electron chi connectivity index (χ3n) is 6.13. The Kier molecular flexibility index (Phi) is 7.81. The van der Waals surface area contributed by atoms with Crippen LogP contribution in [0, 0.1) is 19.8 Å². The first-order chi connectivity index (χ1) is 14.4. The Bertz CT molecular complexity index is 851. The second-order valence-corrected chi connectivity index (χ2v) is 9.49. The predicted octanol–water partition coefficient (Wildman–Crippen LogP) is 4.84. The van der Waals surface area contributed by atoms with Gasteiger partial charge in [0.25, 0.3) is 0 Å². The third kappa shape index (κ3) is 6.00. The van der Waals surface area contributed by atoms with Gasteiger partial charge in [0.15, 0.2) is 0 Å². The monoisotopic (exact) mass is 410 g/mol. The van der Waals surface area contributed by atoms with Crippen molar-refractivity contribution < 1.29 is 4.79 Å². The van der Waals surface area contributed by atoms with Crippen LogP contribution in [0.15, 0.2) is 18.2 Å². The summed E-state index contributed by atoms with van der Waals surface area (Å²) in [5.41, 5.74) is 9.47. The molecule has 2 aromatic rings. The topological polar surface area (TPSA) is 73.8 Å². The Balaban J connectivity index is 1.73. The first-order valence-corrected chi connectivity index (χ1v) is 11.6. The molecule has 0 saturated heterocycles. The van der Waals surface area contributed by atoms with Gasteiger partial charge < -0.3 is 10.3 Å². The Morgan fingerprint density at radius 1 is 1.20 bits per heavy atom. The normalized spacial score (nSPS) is 15.0. The summed E-state index contributed by atoms with van der Waals surface area (Å²) in [7, 11) is 0. The number of nitrogens with zero attached hydrogens (tertiary/aromatic N) is 3. The molecule has 1 aliphatic rings. The Hall–Kier alpha value is -2.01. The predicted molar refractivity (Wildman–Crippen MR) is 122 cm³/mol. The van der Waals surface area contributed by atoms with E-state index in [1.807, 2.05) is 0 Å². The molecule has 0 radical (unpaired) electrons. The van der Waals surface area contributed by atoms with E-state index in [2.05, 4.69) is 60.7 Å². The Morgan fingerprint density at radius 3 is 2.60 bits per heavy atom. The highest BCUT2D eigenvalue weighted by molar-refractivity contribution is 5.82. The first-order valence-electron chi connectivity index (χ1n) is 11.6. The van der Waals surface area contributed by atoms with Gasteiger partial charge in [-0.1, -0.05) is 44.0 Å². The van der Waals surface area contributed by atoms with Gasteiger partial charge in [-0.25, -0.2) is 0 Å². The second-order valence-electron chi connectivity index (χ2n) is 9.49. The van der Waals surface area contributed by atoms with Gasteiger partial charge in [0, 0.05) is 31.2 Å². The number of hydrogen-bond acceptors (Lipinski definition) is 4. The van der Waals surface area contributed by atoms with Crippen molar-refractivity contribution >= 4 is 5.78 Å². The minimum atomic E-state index is 0.0557. The molecule has 3 rings (SSSR count). The van der Waals surface area contributed by atoms with Crippen LogP contribution >= 0.6 is 0 Å². The van der Waals surface area contributed by atoms with Gasteiger partial charge in [-0.05, 0) is 63.1 Å². The molecule has 0 amide bonds. The number of Topliss-reactive ketones (excluding diaryl/α,β-unsaturated/α-hetero) is 1. The van der Waals surface area contributed by atoms with Crippen molar-refractivity contribution in [3.8, 4) is 0 Å². The number of hydrogen-bond donors (Lipinski definition) is 1. The lowest BCUT2D eigenvalue weighted by Crippen LogP contribution is -2.18. The van der Waals surface area contributed by atoms with Gasteiger partial charge in [0.2, 0.25) is 0 Å². The molecule has 1 aromatic carbocycles. The molecule has 164 valence electrons. The van der Waals surface area contributed by atoms with E-state index in [1.165, 1.54) is 30.4 Å². The van der Waals surface area contributed by atoms with Gasteiger partial charge in [-0.2, -0.15) is 0 Å². The zero-order valence-corrected chi connectivity index (χ0v) is 19.2. The molecular formula is C25H38N4O. The highest BCUT2D eigenvalue weighted by Crippen LogP contribution is 2.39. The van der Waals surface area contributed by atoms with Crippen LogP contribution < -0.4 is 5.73 Å². The number of rotatable bonds is 12. The molecule has 1 fully saturated rings. The summed E-state index contributed by atoms with van der Waals surface area (Å²) in [5.74, 6) is 3.09. The molecular weight excluding hydrogens is 372 g/mol. The standard InChI is InChI=1S/C25H38N4O/c1-17(2)6-5-7-24-27-28-25(29(24)22-10-11-22)21(12-13-26)16-23(30)15-20-9-8-18(3)14-19(20)4/h8-9,14,17,21-22H,5-7,10-13,15-16,26H2,1-4H3. The number of carbonyl (C=O) groups is 1. The lowest BCUT2D eigenvalue weighted by atomic mass is 9.93. The van der Waals surface area contributed by atoms with Crippen LogP contribution in [0.5, 0.6) is 0 Å². The molecule has 1 heterocycles. The fraction of sp³-hybridized carbons (Fsp3) is 0.640. The molecule has 2 N–H and O–H groups in total. The van der Waals surface area contributed by atoms with Gasteiger partial charge in [-0.3, -0.25) is 4.79 Å². The zero-order chi connectivity index (χ0) is 21.7. The summed E-state index contributed by atoms with van der Waals surface area (Å²) in [6, 6.07) is 6.83. The van der Waals surface area contributed by atoms with Gasteiger partial charge in [-0.15, -0.1) is 10.2 Å². The number of nitrogens with two attached hydrogens (primary N) is 1. The minimum absolute atomic E-state index is 0.0557. The molecule has 1 aromatic heterocycles. The summed E-state index contributed by atoms with van der Waals surface area (Å²) >= 11 is 0. The molecule has 5 nitrogen and oxygen atoms in total. The largest absolute Gasteiger partial charge is 0.330 e. The molecule has 5 heteroatoms. The van der Waals surface area contributed by atoms with Gasteiger partial charge in [0.05, 0.1) is 0 Å². The highest BCUT2D eigenvalue weighted by atomic mass is 16.1. The average Bonchev–Trinajstić information content (AvgIpc) is 3.43. The van der Waals surface area contributed by atoms with E-state index in [9.17, 15) is 4.79 Å². The summed E-state index contributed by atoms with van der Waals surface area (Å²) < 4.78 is 2.35. The van der Waals surface area contributed by atoms with E-state index in [-0.39, 0.29) is 11.7 Å². The van der Waals surface area contributed by atoms with E-state index in [0.717, 1.165) is 36.5 Å².